The summed E-state index contributed by atoms with van der Waals surface area (Å²) < 4.78 is 16.5. The molecule has 1 saturated heterocycles. The molecule has 0 radical (unpaired) electrons. The summed E-state index contributed by atoms with van der Waals surface area (Å²) in [6, 6.07) is 9.28. The quantitative estimate of drug-likeness (QED) is 0.731. The Kier molecular flexibility index (Phi) is 6.10. The minimum Gasteiger partial charge on any atom is -0.481 e. The van der Waals surface area contributed by atoms with Crippen LogP contribution in [-0.4, -0.2) is 55.5 Å². The SMILES string of the molecule is COc1cc(Oc2ccc(N3CC(OCCO)C3)cc2)c(NC(C)=O)cn1. The Bertz CT molecular complexity index is 775. The zero-order chi connectivity index (χ0) is 19.2. The molecule has 1 amide bonds. The van der Waals surface area contributed by atoms with E-state index in [9.17, 15) is 4.79 Å². The predicted molar refractivity (Wildman–Crippen MR) is 101 cm³/mol. The summed E-state index contributed by atoms with van der Waals surface area (Å²) in [6.07, 6.45) is 1.66. The van der Waals surface area contributed by atoms with Gasteiger partial charge in [0.1, 0.15) is 11.4 Å². The molecule has 8 heteroatoms. The minimum atomic E-state index is -0.210. The lowest BCUT2D eigenvalue weighted by atomic mass is 10.1. The number of aliphatic hydroxyl groups excluding tert-OH is 1. The Morgan fingerprint density at radius 1 is 1.33 bits per heavy atom. The average molecular weight is 373 g/mol. The number of methoxy groups -OCH3 is 1. The molecule has 2 N–H and O–H groups in total. The van der Waals surface area contributed by atoms with Crippen LogP contribution in [0.1, 0.15) is 6.92 Å². The van der Waals surface area contributed by atoms with E-state index >= 15 is 0 Å². The van der Waals surface area contributed by atoms with Crippen molar-refractivity contribution in [3.8, 4) is 17.4 Å². The molecule has 1 aromatic carbocycles. The lowest BCUT2D eigenvalue weighted by Gasteiger charge is -2.40. The number of pyridine rings is 1. The highest BCUT2D eigenvalue weighted by molar-refractivity contribution is 5.90. The van der Waals surface area contributed by atoms with E-state index in [2.05, 4.69) is 15.2 Å². The van der Waals surface area contributed by atoms with Crippen LogP contribution in [0.3, 0.4) is 0 Å². The van der Waals surface area contributed by atoms with Crippen LogP contribution in [-0.2, 0) is 9.53 Å². The molecule has 0 bridgehead atoms. The number of hydrogen-bond donors (Lipinski definition) is 2. The first kappa shape index (κ1) is 18.9. The van der Waals surface area contributed by atoms with Crippen molar-refractivity contribution in [3.05, 3.63) is 36.5 Å². The highest BCUT2D eigenvalue weighted by Gasteiger charge is 2.27. The third-order valence-electron chi connectivity index (χ3n) is 4.08. The molecule has 2 heterocycles. The Labute approximate surface area is 157 Å². The maximum Gasteiger partial charge on any atom is 0.221 e. The second kappa shape index (κ2) is 8.70. The van der Waals surface area contributed by atoms with Crippen molar-refractivity contribution in [1.29, 1.82) is 0 Å². The van der Waals surface area contributed by atoms with Crippen molar-refractivity contribution in [2.24, 2.45) is 0 Å². The molecule has 144 valence electrons. The van der Waals surface area contributed by atoms with Crippen LogP contribution in [0, 0.1) is 0 Å². The van der Waals surface area contributed by atoms with Gasteiger partial charge in [0.05, 0.1) is 32.6 Å². The number of hydrogen-bond acceptors (Lipinski definition) is 7. The van der Waals surface area contributed by atoms with Crippen molar-refractivity contribution in [1.82, 2.24) is 4.98 Å². The van der Waals surface area contributed by atoms with Gasteiger partial charge >= 0.3 is 0 Å². The standard InChI is InChI=1S/C19H23N3O5/c1-13(24)21-17-10-20-19(25-2)9-18(17)27-15-5-3-14(4-6-15)22-11-16(12-22)26-8-7-23/h3-6,9-10,16,23H,7-8,11-12H2,1-2H3,(H,21,24). The second-order valence-electron chi connectivity index (χ2n) is 6.12. The molecular formula is C19H23N3O5. The number of benzene rings is 1. The van der Waals surface area contributed by atoms with Gasteiger partial charge in [-0.3, -0.25) is 4.79 Å². The normalized spacial score (nSPS) is 13.8. The first-order chi connectivity index (χ1) is 13.1. The van der Waals surface area contributed by atoms with Gasteiger partial charge in [-0.2, -0.15) is 0 Å². The summed E-state index contributed by atoms with van der Waals surface area (Å²) in [5.74, 6) is 1.27. The van der Waals surface area contributed by atoms with Gasteiger partial charge in [-0.05, 0) is 24.3 Å². The molecule has 1 aromatic heterocycles. The van der Waals surface area contributed by atoms with Crippen molar-refractivity contribution < 1.29 is 24.1 Å². The van der Waals surface area contributed by atoms with E-state index in [0.717, 1.165) is 18.8 Å². The lowest BCUT2D eigenvalue weighted by molar-refractivity contribution is -0.114. The first-order valence-corrected chi connectivity index (χ1v) is 8.66. The number of nitrogens with zero attached hydrogens (tertiary/aromatic N) is 2. The maximum absolute atomic E-state index is 11.4. The van der Waals surface area contributed by atoms with Crippen LogP contribution in [0.15, 0.2) is 36.5 Å². The number of carbonyl (C=O) groups excluding carboxylic acids is 1. The van der Waals surface area contributed by atoms with Crippen molar-refractivity contribution >= 4 is 17.3 Å². The minimum absolute atomic E-state index is 0.0444. The monoisotopic (exact) mass is 373 g/mol. The van der Waals surface area contributed by atoms with E-state index < -0.39 is 0 Å². The number of aromatic nitrogens is 1. The summed E-state index contributed by atoms with van der Waals surface area (Å²) in [5.41, 5.74) is 1.54. The Morgan fingerprint density at radius 2 is 2.07 bits per heavy atom. The van der Waals surface area contributed by atoms with E-state index in [-0.39, 0.29) is 18.6 Å². The van der Waals surface area contributed by atoms with Gasteiger partial charge in [-0.1, -0.05) is 0 Å². The predicted octanol–water partition coefficient (Wildman–Crippen LogP) is 2.04. The van der Waals surface area contributed by atoms with Crippen LogP contribution < -0.4 is 19.7 Å². The third-order valence-corrected chi connectivity index (χ3v) is 4.08. The Morgan fingerprint density at radius 3 is 2.70 bits per heavy atom. The molecule has 0 atom stereocenters. The number of rotatable bonds is 8. The number of anilines is 2. The zero-order valence-electron chi connectivity index (χ0n) is 15.3. The van der Waals surface area contributed by atoms with Gasteiger partial charge in [-0.15, -0.1) is 0 Å². The molecule has 3 rings (SSSR count). The molecule has 1 aliphatic rings. The average Bonchev–Trinajstić information content (AvgIpc) is 2.63. The van der Waals surface area contributed by atoms with Gasteiger partial charge in [0.15, 0.2) is 5.75 Å². The fraction of sp³-hybridized carbons (Fsp3) is 0.368. The number of aliphatic hydroxyl groups is 1. The number of carbonyl (C=O) groups is 1. The molecule has 1 aliphatic heterocycles. The summed E-state index contributed by atoms with van der Waals surface area (Å²) >= 11 is 0. The van der Waals surface area contributed by atoms with Gasteiger partial charge in [-0.25, -0.2) is 4.98 Å². The van der Waals surface area contributed by atoms with Crippen LogP contribution in [0.5, 0.6) is 17.4 Å². The molecule has 0 unspecified atom stereocenters. The molecule has 1 fully saturated rings. The van der Waals surface area contributed by atoms with Crippen LogP contribution in [0.25, 0.3) is 0 Å². The maximum atomic E-state index is 11.4. The van der Waals surface area contributed by atoms with Gasteiger partial charge in [0.2, 0.25) is 11.8 Å². The van der Waals surface area contributed by atoms with Gasteiger partial charge in [0, 0.05) is 31.8 Å². The van der Waals surface area contributed by atoms with E-state index in [4.69, 9.17) is 19.3 Å². The van der Waals surface area contributed by atoms with Crippen molar-refractivity contribution in [3.63, 3.8) is 0 Å². The summed E-state index contributed by atoms with van der Waals surface area (Å²) in [6.45, 7) is 3.44. The number of nitrogens with one attached hydrogen (secondary N) is 1. The van der Waals surface area contributed by atoms with Gasteiger partial charge < -0.3 is 29.5 Å². The molecule has 0 aliphatic carbocycles. The zero-order valence-corrected chi connectivity index (χ0v) is 15.3. The highest BCUT2D eigenvalue weighted by atomic mass is 16.5. The molecule has 0 saturated carbocycles. The summed E-state index contributed by atoms with van der Waals surface area (Å²) in [7, 11) is 1.52. The third kappa shape index (κ3) is 4.87. The van der Waals surface area contributed by atoms with Crippen molar-refractivity contribution in [2.45, 2.75) is 13.0 Å². The molecule has 0 spiro atoms. The van der Waals surface area contributed by atoms with Crippen LogP contribution >= 0.6 is 0 Å². The fourth-order valence-electron chi connectivity index (χ4n) is 2.72. The largest absolute Gasteiger partial charge is 0.481 e. The van der Waals surface area contributed by atoms with E-state index in [0.29, 0.717) is 29.7 Å². The lowest BCUT2D eigenvalue weighted by Crippen LogP contribution is -2.52. The van der Waals surface area contributed by atoms with Gasteiger partial charge in [0.25, 0.3) is 0 Å². The Hall–Kier alpha value is -2.84. The fourth-order valence-corrected chi connectivity index (χ4v) is 2.72. The van der Waals surface area contributed by atoms with Crippen molar-refractivity contribution in [2.75, 3.05) is 43.6 Å². The highest BCUT2D eigenvalue weighted by Crippen LogP contribution is 2.33. The Balaban J connectivity index is 1.65. The molecule has 8 nitrogen and oxygen atoms in total. The summed E-state index contributed by atoms with van der Waals surface area (Å²) in [5, 5.41) is 11.5. The van der Waals surface area contributed by atoms with E-state index in [1.807, 2.05) is 24.3 Å². The smallest absolute Gasteiger partial charge is 0.221 e. The summed E-state index contributed by atoms with van der Waals surface area (Å²) in [4.78, 5) is 17.6. The molecular weight excluding hydrogens is 350 g/mol. The second-order valence-corrected chi connectivity index (χ2v) is 6.12. The van der Waals surface area contributed by atoms with E-state index in [1.54, 1.807) is 6.07 Å². The molecule has 2 aromatic rings. The van der Waals surface area contributed by atoms with E-state index in [1.165, 1.54) is 20.2 Å². The molecule has 27 heavy (non-hydrogen) atoms. The number of amides is 1. The van der Waals surface area contributed by atoms with Crippen LogP contribution in [0.2, 0.25) is 0 Å². The first-order valence-electron chi connectivity index (χ1n) is 8.66. The number of ether oxygens (including phenoxy) is 3. The van der Waals surface area contributed by atoms with Crippen LogP contribution in [0.4, 0.5) is 11.4 Å². The topological polar surface area (TPSA) is 93.2 Å².